The van der Waals surface area contributed by atoms with Crippen molar-refractivity contribution in [1.82, 2.24) is 15.3 Å². The normalized spacial score (nSPS) is 10.7. The number of pyridine rings is 2. The lowest BCUT2D eigenvalue weighted by Gasteiger charge is -2.13. The van der Waals surface area contributed by atoms with Crippen LogP contribution in [0.3, 0.4) is 0 Å². The quantitative estimate of drug-likeness (QED) is 0.722. The number of carbonyl (C=O) groups is 1. The zero-order chi connectivity index (χ0) is 18.0. The number of ether oxygens (including phenoxy) is 1. The summed E-state index contributed by atoms with van der Waals surface area (Å²) in [6.45, 7) is 4.17. The minimum atomic E-state index is -0.221. The van der Waals surface area contributed by atoms with E-state index in [1.54, 1.807) is 19.4 Å². The molecule has 2 aromatic heterocycles. The molecule has 0 spiro atoms. The maximum absolute atomic E-state index is 12.7. The molecule has 2 heterocycles. The minimum absolute atomic E-state index is 0.221. The summed E-state index contributed by atoms with van der Waals surface area (Å²) in [5, 5.41) is 3.95. The number of benzene rings is 1. The molecule has 3 aromatic rings. The number of hydrogen-bond acceptors (Lipinski definition) is 4. The van der Waals surface area contributed by atoms with Crippen LogP contribution < -0.4 is 10.1 Å². The van der Waals surface area contributed by atoms with Gasteiger partial charge in [0.1, 0.15) is 10.9 Å². The van der Waals surface area contributed by atoms with Crippen molar-refractivity contribution in [3.05, 3.63) is 64.1 Å². The van der Waals surface area contributed by atoms with Crippen molar-refractivity contribution in [3.63, 3.8) is 0 Å². The van der Waals surface area contributed by atoms with Crippen LogP contribution in [0.25, 0.3) is 10.9 Å². The number of para-hydroxylation sites is 1. The molecular weight excluding hydrogens is 338 g/mol. The predicted molar refractivity (Wildman–Crippen MR) is 98.2 cm³/mol. The van der Waals surface area contributed by atoms with Gasteiger partial charge in [0.2, 0.25) is 0 Å². The molecule has 0 bridgehead atoms. The number of amides is 1. The van der Waals surface area contributed by atoms with Crippen LogP contribution in [0.5, 0.6) is 5.75 Å². The first-order chi connectivity index (χ1) is 12.0. The van der Waals surface area contributed by atoms with E-state index in [-0.39, 0.29) is 11.1 Å². The standard InChI is InChI=1S/C19H18ClN3O2/c1-11-9-21-16(12(2)18(11)25-3)10-22-19(24)14-8-17(20)23-15-7-5-4-6-13(14)15/h4-9H,10H2,1-3H3,(H,22,24). The van der Waals surface area contributed by atoms with E-state index in [1.807, 2.05) is 38.1 Å². The van der Waals surface area contributed by atoms with Crippen LogP contribution in [0.15, 0.2) is 36.5 Å². The Kier molecular flexibility index (Phi) is 4.86. The monoisotopic (exact) mass is 355 g/mol. The highest BCUT2D eigenvalue weighted by Gasteiger charge is 2.14. The lowest BCUT2D eigenvalue weighted by Crippen LogP contribution is -2.24. The molecular formula is C19H18ClN3O2. The number of nitrogens with one attached hydrogen (secondary N) is 1. The number of carbonyl (C=O) groups excluding carboxylic acids is 1. The second-order valence-electron chi connectivity index (χ2n) is 5.74. The number of hydrogen-bond donors (Lipinski definition) is 1. The minimum Gasteiger partial charge on any atom is -0.496 e. The van der Waals surface area contributed by atoms with E-state index in [2.05, 4.69) is 15.3 Å². The second-order valence-corrected chi connectivity index (χ2v) is 6.13. The Morgan fingerprint density at radius 3 is 2.80 bits per heavy atom. The lowest BCUT2D eigenvalue weighted by atomic mass is 10.1. The molecule has 0 saturated heterocycles. The lowest BCUT2D eigenvalue weighted by molar-refractivity contribution is 0.0952. The first-order valence-electron chi connectivity index (χ1n) is 7.83. The smallest absolute Gasteiger partial charge is 0.252 e. The molecule has 0 atom stereocenters. The number of aromatic nitrogens is 2. The molecule has 6 heteroatoms. The Hall–Kier alpha value is -2.66. The van der Waals surface area contributed by atoms with E-state index in [0.717, 1.165) is 28.0 Å². The fourth-order valence-electron chi connectivity index (χ4n) is 2.84. The van der Waals surface area contributed by atoms with Gasteiger partial charge in [0, 0.05) is 22.7 Å². The fraction of sp³-hybridized carbons (Fsp3) is 0.211. The molecule has 1 aromatic carbocycles. The molecule has 25 heavy (non-hydrogen) atoms. The van der Waals surface area contributed by atoms with Gasteiger partial charge >= 0.3 is 0 Å². The molecule has 0 fully saturated rings. The number of aryl methyl sites for hydroxylation is 1. The molecule has 0 unspecified atom stereocenters. The van der Waals surface area contributed by atoms with Crippen molar-refractivity contribution >= 4 is 28.4 Å². The van der Waals surface area contributed by atoms with Crippen molar-refractivity contribution in [3.8, 4) is 5.75 Å². The fourth-order valence-corrected chi connectivity index (χ4v) is 3.04. The summed E-state index contributed by atoms with van der Waals surface area (Å²) in [7, 11) is 1.63. The first kappa shape index (κ1) is 17.2. The topological polar surface area (TPSA) is 64.1 Å². The van der Waals surface area contributed by atoms with Gasteiger partial charge < -0.3 is 10.1 Å². The van der Waals surface area contributed by atoms with Gasteiger partial charge in [-0.3, -0.25) is 9.78 Å². The van der Waals surface area contributed by atoms with E-state index in [4.69, 9.17) is 16.3 Å². The highest BCUT2D eigenvalue weighted by molar-refractivity contribution is 6.30. The number of halogens is 1. The highest BCUT2D eigenvalue weighted by atomic mass is 35.5. The summed E-state index contributed by atoms with van der Waals surface area (Å²) < 4.78 is 5.40. The van der Waals surface area contributed by atoms with Gasteiger partial charge in [-0.1, -0.05) is 29.8 Å². The third-order valence-corrected chi connectivity index (χ3v) is 4.29. The van der Waals surface area contributed by atoms with Gasteiger partial charge in [0.25, 0.3) is 5.91 Å². The maximum Gasteiger partial charge on any atom is 0.252 e. The molecule has 1 N–H and O–H groups in total. The first-order valence-corrected chi connectivity index (χ1v) is 8.21. The Morgan fingerprint density at radius 1 is 1.28 bits per heavy atom. The van der Waals surface area contributed by atoms with Gasteiger partial charge in [-0.25, -0.2) is 4.98 Å². The Morgan fingerprint density at radius 2 is 2.04 bits per heavy atom. The number of methoxy groups -OCH3 is 1. The van der Waals surface area contributed by atoms with Crippen molar-refractivity contribution in [2.75, 3.05) is 7.11 Å². The van der Waals surface area contributed by atoms with Gasteiger partial charge in [-0.15, -0.1) is 0 Å². The van der Waals surface area contributed by atoms with Gasteiger partial charge in [0.15, 0.2) is 0 Å². The van der Waals surface area contributed by atoms with Crippen LogP contribution in [0.1, 0.15) is 27.2 Å². The second kappa shape index (κ2) is 7.07. The molecule has 0 saturated carbocycles. The average Bonchev–Trinajstić information content (AvgIpc) is 2.60. The van der Waals surface area contributed by atoms with Gasteiger partial charge in [-0.05, 0) is 26.0 Å². The Balaban J connectivity index is 1.87. The Labute approximate surface area is 151 Å². The van der Waals surface area contributed by atoms with Crippen LogP contribution in [-0.4, -0.2) is 23.0 Å². The number of nitrogens with zero attached hydrogens (tertiary/aromatic N) is 2. The third-order valence-electron chi connectivity index (χ3n) is 4.10. The molecule has 1 amide bonds. The van der Waals surface area contributed by atoms with Crippen molar-refractivity contribution in [1.29, 1.82) is 0 Å². The summed E-state index contributed by atoms with van der Waals surface area (Å²) in [6, 6.07) is 8.99. The number of fused-ring (bicyclic) bond motifs is 1. The SMILES string of the molecule is COc1c(C)cnc(CNC(=O)c2cc(Cl)nc3ccccc23)c1C. The predicted octanol–water partition coefficient (Wildman–Crippen LogP) is 3.84. The van der Waals surface area contributed by atoms with Crippen molar-refractivity contribution in [2.45, 2.75) is 20.4 Å². The van der Waals surface area contributed by atoms with E-state index >= 15 is 0 Å². The van der Waals surface area contributed by atoms with Crippen LogP contribution in [0.4, 0.5) is 0 Å². The zero-order valence-electron chi connectivity index (χ0n) is 14.3. The van der Waals surface area contributed by atoms with Crippen LogP contribution >= 0.6 is 11.6 Å². The maximum atomic E-state index is 12.7. The molecule has 3 rings (SSSR count). The summed E-state index contributed by atoms with van der Waals surface area (Å²) >= 11 is 6.05. The molecule has 0 aliphatic rings. The van der Waals surface area contributed by atoms with Crippen LogP contribution in [0, 0.1) is 13.8 Å². The van der Waals surface area contributed by atoms with E-state index in [9.17, 15) is 4.79 Å². The highest BCUT2D eigenvalue weighted by Crippen LogP contribution is 2.24. The molecule has 0 radical (unpaired) electrons. The summed E-state index contributed by atoms with van der Waals surface area (Å²) in [4.78, 5) is 21.3. The molecule has 5 nitrogen and oxygen atoms in total. The zero-order valence-corrected chi connectivity index (χ0v) is 15.0. The van der Waals surface area contributed by atoms with E-state index < -0.39 is 0 Å². The van der Waals surface area contributed by atoms with Crippen molar-refractivity contribution in [2.24, 2.45) is 0 Å². The molecule has 0 aliphatic carbocycles. The summed E-state index contributed by atoms with van der Waals surface area (Å²) in [5.74, 6) is 0.567. The van der Waals surface area contributed by atoms with Crippen LogP contribution in [-0.2, 0) is 6.54 Å². The third kappa shape index (κ3) is 3.42. The van der Waals surface area contributed by atoms with E-state index in [0.29, 0.717) is 17.6 Å². The average molecular weight is 356 g/mol. The number of rotatable bonds is 4. The van der Waals surface area contributed by atoms with Crippen LogP contribution in [0.2, 0.25) is 5.15 Å². The van der Waals surface area contributed by atoms with Gasteiger partial charge in [-0.2, -0.15) is 0 Å². The van der Waals surface area contributed by atoms with Gasteiger partial charge in [0.05, 0.1) is 30.4 Å². The molecule has 0 aliphatic heterocycles. The van der Waals surface area contributed by atoms with E-state index in [1.165, 1.54) is 0 Å². The van der Waals surface area contributed by atoms with Crippen molar-refractivity contribution < 1.29 is 9.53 Å². The largest absolute Gasteiger partial charge is 0.496 e. The summed E-state index contributed by atoms with van der Waals surface area (Å²) in [6.07, 6.45) is 1.74. The molecule has 128 valence electrons. The summed E-state index contributed by atoms with van der Waals surface area (Å²) in [5.41, 5.74) is 3.82. The Bertz CT molecular complexity index is 957.